The van der Waals surface area contributed by atoms with Crippen molar-refractivity contribution in [2.45, 2.75) is 18.9 Å². The number of nitrogens with one attached hydrogen (secondary N) is 1. The highest BCUT2D eigenvalue weighted by atomic mass is 16.7. The Labute approximate surface area is 144 Å². The molecular formula is C17H18N4O4. The Morgan fingerprint density at radius 2 is 2.20 bits per heavy atom. The molecule has 1 aromatic heterocycles. The van der Waals surface area contributed by atoms with Gasteiger partial charge in [0.25, 0.3) is 0 Å². The van der Waals surface area contributed by atoms with Crippen LogP contribution in [0.4, 0.5) is 10.5 Å². The van der Waals surface area contributed by atoms with Crippen LogP contribution in [0.3, 0.4) is 0 Å². The summed E-state index contributed by atoms with van der Waals surface area (Å²) in [6.45, 7) is 1.42. The van der Waals surface area contributed by atoms with Gasteiger partial charge in [-0.1, -0.05) is 0 Å². The van der Waals surface area contributed by atoms with Crippen molar-refractivity contribution < 1.29 is 19.0 Å². The Morgan fingerprint density at radius 1 is 1.28 bits per heavy atom. The van der Waals surface area contributed by atoms with Gasteiger partial charge >= 0.3 is 6.03 Å². The summed E-state index contributed by atoms with van der Waals surface area (Å²) in [5.74, 6) is 1.86. The zero-order valence-electron chi connectivity index (χ0n) is 13.6. The van der Waals surface area contributed by atoms with Crippen LogP contribution in [0.5, 0.6) is 17.4 Å². The fourth-order valence-corrected chi connectivity index (χ4v) is 2.91. The first-order valence-electron chi connectivity index (χ1n) is 8.16. The molecule has 0 saturated carbocycles. The molecule has 0 unspecified atom stereocenters. The van der Waals surface area contributed by atoms with E-state index in [0.29, 0.717) is 36.2 Å². The van der Waals surface area contributed by atoms with Crippen molar-refractivity contribution >= 4 is 11.7 Å². The number of ether oxygens (including phenoxy) is 3. The normalized spacial score (nSPS) is 18.7. The standard InChI is InChI=1S/C17H18N4O4/c22-17(20-12-3-4-14-15(8-12)24-11-23-14)21-7-1-2-13(9-21)25-16-5-6-18-10-19-16/h3-6,8,10,13H,1-2,7,9,11H2,(H,20,22)/t13-/m0/s1. The summed E-state index contributed by atoms with van der Waals surface area (Å²) in [5, 5.41) is 2.90. The van der Waals surface area contributed by atoms with E-state index in [1.54, 1.807) is 35.4 Å². The predicted octanol–water partition coefficient (Wildman–Crippen LogP) is 2.28. The van der Waals surface area contributed by atoms with E-state index in [9.17, 15) is 4.79 Å². The summed E-state index contributed by atoms with van der Waals surface area (Å²) in [7, 11) is 0. The number of aromatic nitrogens is 2. The van der Waals surface area contributed by atoms with Crippen LogP contribution >= 0.6 is 0 Å². The SMILES string of the molecule is O=C(Nc1ccc2c(c1)OCO2)N1CCC[C@H](Oc2ccncn2)C1. The van der Waals surface area contributed by atoms with E-state index in [1.807, 2.05) is 0 Å². The Morgan fingerprint density at radius 3 is 3.08 bits per heavy atom. The molecule has 0 spiro atoms. The molecule has 1 atom stereocenters. The van der Waals surface area contributed by atoms with Gasteiger partial charge in [0.05, 0.1) is 6.54 Å². The first-order chi connectivity index (χ1) is 12.3. The third-order valence-electron chi connectivity index (χ3n) is 4.13. The average Bonchev–Trinajstić information content (AvgIpc) is 3.10. The molecule has 0 aliphatic carbocycles. The summed E-state index contributed by atoms with van der Waals surface area (Å²) in [4.78, 5) is 22.2. The van der Waals surface area contributed by atoms with Gasteiger partial charge in [-0.05, 0) is 25.0 Å². The quantitative estimate of drug-likeness (QED) is 0.921. The highest BCUT2D eigenvalue weighted by Crippen LogP contribution is 2.34. The van der Waals surface area contributed by atoms with Gasteiger partial charge in [0, 0.05) is 30.6 Å². The molecule has 130 valence electrons. The molecule has 2 amide bonds. The number of rotatable bonds is 3. The van der Waals surface area contributed by atoms with Crippen molar-refractivity contribution in [3.63, 3.8) is 0 Å². The lowest BCUT2D eigenvalue weighted by atomic mass is 10.1. The monoisotopic (exact) mass is 342 g/mol. The molecule has 2 aliphatic rings. The van der Waals surface area contributed by atoms with E-state index in [4.69, 9.17) is 14.2 Å². The Balaban J connectivity index is 1.36. The van der Waals surface area contributed by atoms with Crippen LogP contribution in [0.1, 0.15) is 12.8 Å². The van der Waals surface area contributed by atoms with E-state index >= 15 is 0 Å². The minimum Gasteiger partial charge on any atom is -0.472 e. The summed E-state index contributed by atoms with van der Waals surface area (Å²) in [5.41, 5.74) is 0.674. The topological polar surface area (TPSA) is 85.8 Å². The second-order valence-electron chi connectivity index (χ2n) is 5.87. The number of amides is 2. The highest BCUT2D eigenvalue weighted by Gasteiger charge is 2.25. The summed E-state index contributed by atoms with van der Waals surface area (Å²) in [6.07, 6.45) is 4.77. The fraction of sp³-hybridized carbons (Fsp3) is 0.353. The van der Waals surface area contributed by atoms with Crippen molar-refractivity contribution in [1.29, 1.82) is 0 Å². The molecular weight excluding hydrogens is 324 g/mol. The smallest absolute Gasteiger partial charge is 0.321 e. The third kappa shape index (κ3) is 3.57. The van der Waals surface area contributed by atoms with Gasteiger partial charge in [0.15, 0.2) is 11.5 Å². The van der Waals surface area contributed by atoms with E-state index in [0.717, 1.165) is 12.8 Å². The van der Waals surface area contributed by atoms with Gasteiger partial charge < -0.3 is 24.4 Å². The number of nitrogens with zero attached hydrogens (tertiary/aromatic N) is 3. The maximum Gasteiger partial charge on any atom is 0.321 e. The van der Waals surface area contributed by atoms with Gasteiger partial charge in [0.2, 0.25) is 12.7 Å². The van der Waals surface area contributed by atoms with Gasteiger partial charge in [-0.25, -0.2) is 14.8 Å². The number of carbonyl (C=O) groups is 1. The highest BCUT2D eigenvalue weighted by molar-refractivity contribution is 5.89. The Hall–Kier alpha value is -3.03. The van der Waals surface area contributed by atoms with Gasteiger partial charge in [-0.3, -0.25) is 0 Å². The predicted molar refractivity (Wildman–Crippen MR) is 88.8 cm³/mol. The zero-order chi connectivity index (χ0) is 17.1. The van der Waals surface area contributed by atoms with E-state index in [2.05, 4.69) is 15.3 Å². The molecule has 1 N–H and O–H groups in total. The Bertz CT molecular complexity index is 756. The number of urea groups is 1. The zero-order valence-corrected chi connectivity index (χ0v) is 13.6. The van der Waals surface area contributed by atoms with Crippen molar-refractivity contribution in [2.75, 3.05) is 25.2 Å². The molecule has 4 rings (SSSR count). The van der Waals surface area contributed by atoms with Crippen LogP contribution in [0.15, 0.2) is 36.8 Å². The van der Waals surface area contributed by atoms with Gasteiger partial charge in [-0.15, -0.1) is 0 Å². The van der Waals surface area contributed by atoms with Gasteiger partial charge in [0.1, 0.15) is 12.4 Å². The van der Waals surface area contributed by atoms with Crippen LogP contribution in [0, 0.1) is 0 Å². The molecule has 0 radical (unpaired) electrons. The van der Waals surface area contributed by atoms with E-state index in [-0.39, 0.29) is 18.9 Å². The first-order valence-corrected chi connectivity index (χ1v) is 8.16. The van der Waals surface area contributed by atoms with E-state index < -0.39 is 0 Å². The maximum atomic E-state index is 12.5. The molecule has 1 aromatic carbocycles. The number of benzene rings is 1. The molecule has 2 aromatic rings. The average molecular weight is 342 g/mol. The lowest BCUT2D eigenvalue weighted by molar-refractivity contribution is 0.102. The van der Waals surface area contributed by atoms with Crippen LogP contribution < -0.4 is 19.5 Å². The van der Waals surface area contributed by atoms with Crippen LogP contribution in [0.2, 0.25) is 0 Å². The van der Waals surface area contributed by atoms with E-state index in [1.165, 1.54) is 6.33 Å². The lowest BCUT2D eigenvalue weighted by Gasteiger charge is -2.32. The number of fused-ring (bicyclic) bond motifs is 1. The first kappa shape index (κ1) is 15.5. The number of anilines is 1. The third-order valence-corrected chi connectivity index (χ3v) is 4.13. The number of piperidine rings is 1. The second-order valence-corrected chi connectivity index (χ2v) is 5.87. The molecule has 2 aliphatic heterocycles. The number of likely N-dealkylation sites (tertiary alicyclic amines) is 1. The summed E-state index contributed by atoms with van der Waals surface area (Å²) in [6, 6.07) is 6.90. The van der Waals surface area contributed by atoms with Crippen molar-refractivity contribution in [1.82, 2.24) is 14.9 Å². The molecule has 8 heteroatoms. The van der Waals surface area contributed by atoms with Crippen molar-refractivity contribution in [3.05, 3.63) is 36.8 Å². The molecule has 3 heterocycles. The second kappa shape index (κ2) is 6.84. The molecule has 1 fully saturated rings. The minimum absolute atomic E-state index is 0.0776. The number of hydrogen-bond acceptors (Lipinski definition) is 6. The largest absolute Gasteiger partial charge is 0.472 e. The number of hydrogen-bond donors (Lipinski definition) is 1. The van der Waals surface area contributed by atoms with Crippen LogP contribution in [0.25, 0.3) is 0 Å². The van der Waals surface area contributed by atoms with Crippen LogP contribution in [-0.4, -0.2) is 46.9 Å². The molecule has 8 nitrogen and oxygen atoms in total. The Kier molecular flexibility index (Phi) is 4.24. The maximum absolute atomic E-state index is 12.5. The minimum atomic E-state index is -0.158. The molecule has 0 bridgehead atoms. The van der Waals surface area contributed by atoms with Crippen molar-refractivity contribution in [3.8, 4) is 17.4 Å². The van der Waals surface area contributed by atoms with Crippen molar-refractivity contribution in [2.24, 2.45) is 0 Å². The number of carbonyl (C=O) groups excluding carboxylic acids is 1. The fourth-order valence-electron chi connectivity index (χ4n) is 2.91. The molecule has 25 heavy (non-hydrogen) atoms. The van der Waals surface area contributed by atoms with Gasteiger partial charge in [-0.2, -0.15) is 0 Å². The summed E-state index contributed by atoms with van der Waals surface area (Å²) < 4.78 is 16.4. The summed E-state index contributed by atoms with van der Waals surface area (Å²) >= 11 is 0. The van der Waals surface area contributed by atoms with Crippen LogP contribution in [-0.2, 0) is 0 Å². The molecule has 1 saturated heterocycles. The lowest BCUT2D eigenvalue weighted by Crippen LogP contribution is -2.46.